The Bertz CT molecular complexity index is 1610. The van der Waals surface area contributed by atoms with Crippen molar-refractivity contribution in [3.8, 4) is 0 Å². The SMILES string of the molecule is Cc1ccccc1Nc1nc2c(Cl)cc(=O)n(C3CC3)c2cc1NC(=O)c1cc(F)cc(C(F)(F)F)c1. The molecule has 0 radical (unpaired) electrons. The van der Waals surface area contributed by atoms with Gasteiger partial charge in [0, 0.05) is 23.4 Å². The van der Waals surface area contributed by atoms with Crippen LogP contribution in [-0.4, -0.2) is 15.5 Å². The number of fused-ring (bicyclic) bond motifs is 1. The van der Waals surface area contributed by atoms with Crippen LogP contribution in [0.4, 0.5) is 34.8 Å². The van der Waals surface area contributed by atoms with Gasteiger partial charge >= 0.3 is 6.18 Å². The molecule has 5 rings (SSSR count). The number of carbonyl (C=O) groups is 1. The number of rotatable bonds is 5. The van der Waals surface area contributed by atoms with Crippen molar-refractivity contribution < 1.29 is 22.4 Å². The number of nitrogens with zero attached hydrogens (tertiary/aromatic N) is 2. The molecule has 37 heavy (non-hydrogen) atoms. The van der Waals surface area contributed by atoms with Crippen LogP contribution in [0.3, 0.4) is 0 Å². The molecule has 6 nitrogen and oxygen atoms in total. The second-order valence-corrected chi connectivity index (χ2v) is 9.21. The molecule has 1 amide bonds. The molecule has 2 aromatic heterocycles. The minimum absolute atomic E-state index is 0.0506. The lowest BCUT2D eigenvalue weighted by atomic mass is 10.1. The minimum Gasteiger partial charge on any atom is -0.338 e. The lowest BCUT2D eigenvalue weighted by Crippen LogP contribution is -2.20. The Morgan fingerprint density at radius 1 is 1.08 bits per heavy atom. The van der Waals surface area contributed by atoms with Crippen molar-refractivity contribution in [1.29, 1.82) is 0 Å². The zero-order valence-electron chi connectivity index (χ0n) is 19.3. The molecule has 2 aromatic carbocycles. The van der Waals surface area contributed by atoms with Gasteiger partial charge in [0.2, 0.25) is 0 Å². The van der Waals surface area contributed by atoms with E-state index in [4.69, 9.17) is 11.6 Å². The Kier molecular flexibility index (Phi) is 6.15. The fourth-order valence-corrected chi connectivity index (χ4v) is 4.28. The van der Waals surface area contributed by atoms with Crippen LogP contribution in [0.5, 0.6) is 0 Å². The number of hydrogen-bond acceptors (Lipinski definition) is 4. The largest absolute Gasteiger partial charge is 0.416 e. The average molecular weight is 531 g/mol. The van der Waals surface area contributed by atoms with Crippen molar-refractivity contribution >= 4 is 45.7 Å². The number of hydrogen-bond donors (Lipinski definition) is 2. The second-order valence-electron chi connectivity index (χ2n) is 8.80. The van der Waals surface area contributed by atoms with Crippen molar-refractivity contribution in [2.24, 2.45) is 0 Å². The van der Waals surface area contributed by atoms with Gasteiger partial charge in [-0.25, -0.2) is 9.37 Å². The Balaban J connectivity index is 1.64. The Labute approximate surface area is 212 Å². The van der Waals surface area contributed by atoms with E-state index in [2.05, 4.69) is 15.6 Å². The van der Waals surface area contributed by atoms with Crippen molar-refractivity contribution in [3.05, 3.63) is 92.5 Å². The van der Waals surface area contributed by atoms with Crippen LogP contribution in [0.15, 0.2) is 59.4 Å². The molecule has 1 aliphatic carbocycles. The molecule has 0 bridgehead atoms. The Hall–Kier alpha value is -3.92. The highest BCUT2D eigenvalue weighted by molar-refractivity contribution is 6.35. The van der Waals surface area contributed by atoms with Crippen molar-refractivity contribution in [1.82, 2.24) is 9.55 Å². The molecule has 1 aliphatic rings. The summed E-state index contributed by atoms with van der Waals surface area (Å²) < 4.78 is 55.1. The van der Waals surface area contributed by atoms with Gasteiger partial charge in [-0.15, -0.1) is 0 Å². The summed E-state index contributed by atoms with van der Waals surface area (Å²) in [6.45, 7) is 1.85. The zero-order chi connectivity index (χ0) is 26.5. The quantitative estimate of drug-likeness (QED) is 0.277. The van der Waals surface area contributed by atoms with Gasteiger partial charge in [-0.1, -0.05) is 29.8 Å². The topological polar surface area (TPSA) is 76.0 Å². The molecule has 0 spiro atoms. The summed E-state index contributed by atoms with van der Waals surface area (Å²) in [7, 11) is 0. The molecular weight excluding hydrogens is 512 g/mol. The summed E-state index contributed by atoms with van der Waals surface area (Å²) in [5.41, 5.74) is 0.112. The first-order chi connectivity index (χ1) is 17.5. The number of amides is 1. The van der Waals surface area contributed by atoms with Gasteiger partial charge in [-0.05, 0) is 55.7 Å². The van der Waals surface area contributed by atoms with E-state index in [1.54, 1.807) is 12.1 Å². The fourth-order valence-electron chi connectivity index (χ4n) is 4.05. The third-order valence-electron chi connectivity index (χ3n) is 6.02. The first-order valence-electron chi connectivity index (χ1n) is 11.3. The molecule has 0 unspecified atom stereocenters. The van der Waals surface area contributed by atoms with Gasteiger partial charge in [0.05, 0.1) is 21.8 Å². The highest BCUT2D eigenvalue weighted by Gasteiger charge is 2.32. The van der Waals surface area contributed by atoms with E-state index in [1.165, 1.54) is 16.7 Å². The summed E-state index contributed by atoms with van der Waals surface area (Å²) in [6.07, 6.45) is -3.27. The average Bonchev–Trinajstić information content (AvgIpc) is 3.65. The molecule has 190 valence electrons. The predicted octanol–water partition coefficient (Wildman–Crippen LogP) is 6.85. The van der Waals surface area contributed by atoms with Gasteiger partial charge < -0.3 is 15.2 Å². The summed E-state index contributed by atoms with van der Waals surface area (Å²) in [6, 6.07) is 11.6. The molecule has 11 heteroatoms. The standard InChI is InChI=1S/C26H19ClF4N4O2/c1-13-4-2-3-5-19(13)32-24-20(33-25(37)14-8-15(26(29,30)31)10-16(28)9-14)12-21-23(34-24)18(27)11-22(36)35(21)17-6-7-17/h2-5,8-12,17H,6-7H2,1H3,(H,32,34)(H,33,37). The molecule has 0 atom stereocenters. The number of nitrogens with one attached hydrogen (secondary N) is 2. The molecule has 1 fully saturated rings. The molecule has 2 N–H and O–H groups in total. The number of aryl methyl sites for hydroxylation is 1. The van der Waals surface area contributed by atoms with Gasteiger partial charge in [-0.3, -0.25) is 9.59 Å². The smallest absolute Gasteiger partial charge is 0.338 e. The third-order valence-corrected chi connectivity index (χ3v) is 6.31. The summed E-state index contributed by atoms with van der Waals surface area (Å²) in [4.78, 5) is 30.3. The highest BCUT2D eigenvalue weighted by atomic mass is 35.5. The van der Waals surface area contributed by atoms with E-state index in [1.807, 2.05) is 19.1 Å². The molecule has 1 saturated carbocycles. The summed E-state index contributed by atoms with van der Waals surface area (Å²) in [5.74, 6) is -2.05. The number of benzene rings is 2. The van der Waals surface area contributed by atoms with Crippen molar-refractivity contribution in [2.45, 2.75) is 32.0 Å². The third kappa shape index (κ3) is 5.01. The van der Waals surface area contributed by atoms with Gasteiger partial charge in [0.25, 0.3) is 11.5 Å². The number of pyridine rings is 2. The number of anilines is 3. The van der Waals surface area contributed by atoms with Gasteiger partial charge in [-0.2, -0.15) is 13.2 Å². The van der Waals surface area contributed by atoms with Crippen LogP contribution in [-0.2, 0) is 6.18 Å². The first kappa shape index (κ1) is 24.8. The fraction of sp³-hybridized carbons (Fsp3) is 0.192. The van der Waals surface area contributed by atoms with Crippen LogP contribution in [0, 0.1) is 12.7 Å². The van der Waals surface area contributed by atoms with Gasteiger partial charge in [0.1, 0.15) is 11.3 Å². The van der Waals surface area contributed by atoms with Gasteiger partial charge in [0.15, 0.2) is 5.82 Å². The van der Waals surface area contributed by atoms with Crippen LogP contribution in [0.2, 0.25) is 5.02 Å². The molecule has 4 aromatic rings. The van der Waals surface area contributed by atoms with Crippen LogP contribution < -0.4 is 16.2 Å². The van der Waals surface area contributed by atoms with E-state index in [9.17, 15) is 27.2 Å². The first-order valence-corrected chi connectivity index (χ1v) is 11.7. The number of alkyl halides is 3. The lowest BCUT2D eigenvalue weighted by molar-refractivity contribution is -0.137. The maximum Gasteiger partial charge on any atom is 0.416 e. The lowest BCUT2D eigenvalue weighted by Gasteiger charge is -2.18. The number of para-hydroxylation sites is 1. The van der Waals surface area contributed by atoms with E-state index in [-0.39, 0.29) is 28.1 Å². The zero-order valence-corrected chi connectivity index (χ0v) is 20.0. The Morgan fingerprint density at radius 3 is 2.49 bits per heavy atom. The molecular formula is C26H19ClF4N4O2. The van der Waals surface area contributed by atoms with Crippen LogP contribution >= 0.6 is 11.6 Å². The highest BCUT2D eigenvalue weighted by Crippen LogP contribution is 2.39. The Morgan fingerprint density at radius 2 is 1.81 bits per heavy atom. The molecule has 2 heterocycles. The van der Waals surface area contributed by atoms with E-state index >= 15 is 0 Å². The van der Waals surface area contributed by atoms with Crippen LogP contribution in [0.1, 0.15) is 40.4 Å². The molecule has 0 saturated heterocycles. The number of halogens is 5. The summed E-state index contributed by atoms with van der Waals surface area (Å²) >= 11 is 6.36. The van der Waals surface area contributed by atoms with E-state index in [0.29, 0.717) is 34.9 Å². The number of carbonyl (C=O) groups excluding carboxylic acids is 1. The minimum atomic E-state index is -4.84. The second kappa shape index (κ2) is 9.19. The molecule has 0 aliphatic heterocycles. The maximum atomic E-state index is 14.0. The van der Waals surface area contributed by atoms with Crippen molar-refractivity contribution in [3.63, 3.8) is 0 Å². The monoisotopic (exact) mass is 530 g/mol. The summed E-state index contributed by atoms with van der Waals surface area (Å²) in [5, 5.41) is 5.76. The van der Waals surface area contributed by atoms with E-state index in [0.717, 1.165) is 18.4 Å². The van der Waals surface area contributed by atoms with Crippen molar-refractivity contribution in [2.75, 3.05) is 10.6 Å². The van der Waals surface area contributed by atoms with Crippen LogP contribution in [0.25, 0.3) is 11.0 Å². The number of aromatic nitrogens is 2. The maximum absolute atomic E-state index is 14.0. The normalized spacial score (nSPS) is 13.6. The predicted molar refractivity (Wildman–Crippen MR) is 133 cm³/mol. The van der Waals surface area contributed by atoms with E-state index < -0.39 is 29.0 Å².